The summed E-state index contributed by atoms with van der Waals surface area (Å²) in [6, 6.07) is 12.7. The van der Waals surface area contributed by atoms with Crippen molar-refractivity contribution in [3.8, 4) is 5.75 Å². The van der Waals surface area contributed by atoms with Crippen LogP contribution in [0.2, 0.25) is 0 Å². The number of carbonyl (C=O) groups is 2. The Morgan fingerprint density at radius 1 is 1.00 bits per heavy atom. The molecule has 0 aromatic heterocycles. The van der Waals surface area contributed by atoms with Crippen LogP contribution in [0.1, 0.15) is 37.5 Å². The normalized spacial score (nSPS) is 14.0. The van der Waals surface area contributed by atoms with Gasteiger partial charge in [-0.1, -0.05) is 36.9 Å². The molecule has 37 heavy (non-hydrogen) atoms. The third-order valence-electron chi connectivity index (χ3n) is 6.50. The maximum Gasteiger partial charge on any atom is 0.414 e. The summed E-state index contributed by atoms with van der Waals surface area (Å²) in [7, 11) is 0. The number of phenolic OH excluding ortho intramolecular Hbond substituents is 1. The zero-order valence-corrected chi connectivity index (χ0v) is 22.4. The summed E-state index contributed by atoms with van der Waals surface area (Å²) in [6.07, 6.45) is 4.16. The van der Waals surface area contributed by atoms with Crippen LogP contribution >= 0.6 is 11.6 Å². The van der Waals surface area contributed by atoms with E-state index in [1.54, 1.807) is 28.0 Å². The summed E-state index contributed by atoms with van der Waals surface area (Å²) >= 11 is 4.64. The highest BCUT2D eigenvalue weighted by molar-refractivity contribution is 6.15. The number of rotatable bonds is 2. The minimum atomic E-state index is -0.583. The highest BCUT2D eigenvalue weighted by atomic mass is 35.5. The van der Waals surface area contributed by atoms with Gasteiger partial charge in [0.2, 0.25) is 0 Å². The monoisotopic (exact) mass is 521 g/mol. The molecule has 0 aliphatic carbocycles. The van der Waals surface area contributed by atoms with E-state index in [4.69, 9.17) is 4.74 Å². The van der Waals surface area contributed by atoms with Gasteiger partial charge >= 0.3 is 12.1 Å². The molecule has 8 heteroatoms. The largest absolute Gasteiger partial charge is 0.507 e. The van der Waals surface area contributed by atoms with Crippen molar-refractivity contribution >= 4 is 57.6 Å². The van der Waals surface area contributed by atoms with Gasteiger partial charge < -0.3 is 15.2 Å². The number of halogens is 1. The standard InChI is InChI=1S/C28H29N3O4.CH3Cl/c1-5-17-19-13-15-31(27(34)35-28(2,3)4)23(19)11-10-22(17)29-26(33)30-14-12-20-18-8-6-7-9-21(18)25(32)16-24(20)30;1-2/h5-11,16,32H,1,12-15H2,2-4H3,(H,29,33);1H3. The topological polar surface area (TPSA) is 82.1 Å². The predicted octanol–water partition coefficient (Wildman–Crippen LogP) is 6.94. The maximum atomic E-state index is 13.3. The summed E-state index contributed by atoms with van der Waals surface area (Å²) in [5.41, 5.74) is 4.34. The average molecular weight is 522 g/mol. The van der Waals surface area contributed by atoms with E-state index in [1.165, 1.54) is 6.38 Å². The van der Waals surface area contributed by atoms with Crippen LogP contribution in [-0.2, 0) is 17.6 Å². The Balaban J connectivity index is 0.00000156. The van der Waals surface area contributed by atoms with Crippen molar-refractivity contribution < 1.29 is 19.4 Å². The second-order valence-electron chi connectivity index (χ2n) is 9.88. The average Bonchev–Trinajstić information content (AvgIpc) is 3.49. The molecule has 0 saturated carbocycles. The number of aromatic hydroxyl groups is 1. The lowest BCUT2D eigenvalue weighted by atomic mass is 10.0. The van der Waals surface area contributed by atoms with Crippen molar-refractivity contribution in [2.75, 3.05) is 34.6 Å². The van der Waals surface area contributed by atoms with Gasteiger partial charge in [0.1, 0.15) is 11.4 Å². The lowest BCUT2D eigenvalue weighted by Crippen LogP contribution is -2.35. The lowest BCUT2D eigenvalue weighted by Gasteiger charge is -2.25. The second kappa shape index (κ2) is 10.3. The summed E-state index contributed by atoms with van der Waals surface area (Å²) in [5, 5.41) is 15.3. The molecule has 194 valence electrons. The highest BCUT2D eigenvalue weighted by Crippen LogP contribution is 2.40. The Morgan fingerprint density at radius 2 is 1.65 bits per heavy atom. The van der Waals surface area contributed by atoms with Crippen LogP contribution in [0.3, 0.4) is 0 Å². The van der Waals surface area contributed by atoms with Gasteiger partial charge in [0.15, 0.2) is 0 Å². The van der Waals surface area contributed by atoms with E-state index >= 15 is 0 Å². The molecule has 0 fully saturated rings. The molecular weight excluding hydrogens is 490 g/mol. The van der Waals surface area contributed by atoms with Crippen LogP contribution in [0.4, 0.5) is 26.7 Å². The smallest absolute Gasteiger partial charge is 0.414 e. The Hall–Kier alpha value is -3.71. The third-order valence-corrected chi connectivity index (χ3v) is 6.50. The molecule has 2 aliphatic heterocycles. The molecule has 7 nitrogen and oxygen atoms in total. The Morgan fingerprint density at radius 3 is 2.32 bits per heavy atom. The Bertz CT molecular complexity index is 1380. The van der Waals surface area contributed by atoms with Gasteiger partial charge in [-0.15, -0.1) is 11.6 Å². The van der Waals surface area contributed by atoms with Gasteiger partial charge in [0, 0.05) is 36.5 Å². The molecule has 2 N–H and O–H groups in total. The van der Waals surface area contributed by atoms with Crippen molar-refractivity contribution in [3.63, 3.8) is 0 Å². The number of hydrogen-bond acceptors (Lipinski definition) is 4. The molecule has 3 aromatic carbocycles. The molecule has 0 bridgehead atoms. The van der Waals surface area contributed by atoms with E-state index in [0.717, 1.165) is 38.8 Å². The lowest BCUT2D eigenvalue weighted by molar-refractivity contribution is 0.0584. The number of benzene rings is 3. The first-order valence-electron chi connectivity index (χ1n) is 12.2. The fourth-order valence-electron chi connectivity index (χ4n) is 5.00. The van der Waals surface area contributed by atoms with Crippen LogP contribution in [-0.4, -0.2) is 42.3 Å². The van der Waals surface area contributed by atoms with Gasteiger partial charge in [-0.2, -0.15) is 0 Å². The summed E-state index contributed by atoms with van der Waals surface area (Å²) in [6.45, 7) is 10.5. The van der Waals surface area contributed by atoms with Crippen LogP contribution in [0, 0.1) is 0 Å². The minimum absolute atomic E-state index is 0.158. The number of ether oxygens (including phenoxy) is 1. The minimum Gasteiger partial charge on any atom is -0.507 e. The second-order valence-corrected chi connectivity index (χ2v) is 9.88. The van der Waals surface area contributed by atoms with Gasteiger partial charge in [0.25, 0.3) is 0 Å². The van der Waals surface area contributed by atoms with Crippen molar-refractivity contribution in [2.24, 2.45) is 0 Å². The molecular formula is C29H32ClN3O4. The molecule has 2 heterocycles. The number of nitrogens with zero attached hydrogens (tertiary/aromatic N) is 2. The van der Waals surface area contributed by atoms with Crippen LogP contribution in [0.25, 0.3) is 16.8 Å². The molecule has 3 aromatic rings. The van der Waals surface area contributed by atoms with Crippen molar-refractivity contribution in [3.05, 3.63) is 65.7 Å². The third kappa shape index (κ3) is 4.96. The predicted molar refractivity (Wildman–Crippen MR) is 151 cm³/mol. The molecule has 0 saturated heterocycles. The summed E-state index contributed by atoms with van der Waals surface area (Å²) in [5.74, 6) is 0.158. The Labute approximate surface area is 222 Å². The van der Waals surface area contributed by atoms with Crippen LogP contribution in [0.15, 0.2) is 49.0 Å². The number of hydrogen-bond donors (Lipinski definition) is 2. The highest BCUT2D eigenvalue weighted by Gasteiger charge is 2.32. The van der Waals surface area contributed by atoms with E-state index in [9.17, 15) is 14.7 Å². The zero-order chi connectivity index (χ0) is 26.9. The SMILES string of the molecule is C=Cc1c(NC(=O)N2CCc3c2cc(O)c2ccccc32)ccc2c1CCN2C(=O)OC(C)(C)C.CCl. The number of fused-ring (bicyclic) bond motifs is 4. The van der Waals surface area contributed by atoms with Gasteiger partial charge in [-0.25, -0.2) is 9.59 Å². The van der Waals surface area contributed by atoms with Gasteiger partial charge in [0.05, 0.1) is 17.1 Å². The van der Waals surface area contributed by atoms with E-state index in [-0.39, 0.29) is 17.9 Å². The van der Waals surface area contributed by atoms with Crippen molar-refractivity contribution in [1.29, 1.82) is 0 Å². The van der Waals surface area contributed by atoms with Gasteiger partial charge in [-0.05, 0) is 62.3 Å². The molecule has 0 atom stereocenters. The number of carbonyl (C=O) groups excluding carboxylic acids is 2. The van der Waals surface area contributed by atoms with Crippen molar-refractivity contribution in [2.45, 2.75) is 39.2 Å². The number of urea groups is 1. The number of alkyl halides is 1. The molecule has 0 radical (unpaired) electrons. The molecule has 5 rings (SSSR count). The zero-order valence-electron chi connectivity index (χ0n) is 21.6. The van der Waals surface area contributed by atoms with Crippen molar-refractivity contribution in [1.82, 2.24) is 0 Å². The summed E-state index contributed by atoms with van der Waals surface area (Å²) in [4.78, 5) is 29.3. The molecule has 2 aliphatic rings. The van der Waals surface area contributed by atoms with E-state index in [1.807, 2.05) is 51.1 Å². The van der Waals surface area contributed by atoms with E-state index in [2.05, 4.69) is 23.5 Å². The Kier molecular flexibility index (Phi) is 7.37. The van der Waals surface area contributed by atoms with Gasteiger partial charge in [-0.3, -0.25) is 9.80 Å². The quantitative estimate of drug-likeness (QED) is 0.358. The number of anilines is 3. The van der Waals surface area contributed by atoms with Crippen LogP contribution in [0.5, 0.6) is 5.75 Å². The van der Waals surface area contributed by atoms with E-state index in [0.29, 0.717) is 31.6 Å². The molecule has 0 spiro atoms. The first kappa shape index (κ1) is 26.4. The first-order valence-corrected chi connectivity index (χ1v) is 12.9. The number of nitrogens with one attached hydrogen (secondary N) is 1. The fraction of sp³-hybridized carbons (Fsp3) is 0.310. The summed E-state index contributed by atoms with van der Waals surface area (Å²) < 4.78 is 5.55. The number of amides is 3. The molecule has 3 amide bonds. The van der Waals surface area contributed by atoms with Crippen LogP contribution < -0.4 is 15.1 Å². The first-order chi connectivity index (χ1) is 17.7. The van der Waals surface area contributed by atoms with E-state index < -0.39 is 5.60 Å². The number of phenols is 1. The maximum absolute atomic E-state index is 13.3. The molecule has 0 unspecified atom stereocenters. The fourth-order valence-corrected chi connectivity index (χ4v) is 5.00.